The number of hydrogen-bond acceptors (Lipinski definition) is 8. The smallest absolute Gasteiger partial charge is 0.319 e. The number of imide groups is 1. The molecule has 0 spiro atoms. The van der Waals surface area contributed by atoms with Crippen molar-refractivity contribution in [3.8, 4) is 16.3 Å². The number of carbonyl (C=O) groups excluding carboxylic acids is 2. The number of thiophene rings is 1. The SMILES string of the molecule is C[C@@]1(c2cccc(-n3cnnn3)c2)NC(=O)N(Cc2csc(-c3ccsc3)n2)C1=O. The minimum absolute atomic E-state index is 0.119. The molecule has 4 heterocycles. The summed E-state index contributed by atoms with van der Waals surface area (Å²) in [5, 5.41) is 20.7. The van der Waals surface area contributed by atoms with Crippen molar-refractivity contribution in [2.75, 3.05) is 0 Å². The first kappa shape index (κ1) is 18.6. The fourth-order valence-corrected chi connectivity index (χ4v) is 4.86. The van der Waals surface area contributed by atoms with Crippen LogP contribution in [0.15, 0.2) is 52.8 Å². The highest BCUT2D eigenvalue weighted by Gasteiger charge is 2.49. The fraction of sp³-hybridized carbons (Fsp3) is 0.158. The highest BCUT2D eigenvalue weighted by Crippen LogP contribution is 2.32. The molecule has 0 bridgehead atoms. The Kier molecular flexibility index (Phi) is 4.40. The molecule has 3 aromatic heterocycles. The van der Waals surface area contributed by atoms with Crippen molar-refractivity contribution < 1.29 is 9.59 Å². The van der Waals surface area contributed by atoms with E-state index >= 15 is 0 Å². The Bertz CT molecular complexity index is 1220. The normalized spacial score (nSPS) is 18.8. The Morgan fingerprint density at radius 1 is 1.20 bits per heavy atom. The van der Waals surface area contributed by atoms with Crippen molar-refractivity contribution in [3.63, 3.8) is 0 Å². The molecule has 0 aliphatic carbocycles. The number of nitrogens with one attached hydrogen (secondary N) is 1. The Morgan fingerprint density at radius 3 is 2.87 bits per heavy atom. The first-order valence-corrected chi connectivity index (χ1v) is 10.8. The van der Waals surface area contributed by atoms with Crippen molar-refractivity contribution in [3.05, 3.63) is 64.1 Å². The van der Waals surface area contributed by atoms with Gasteiger partial charge in [0.15, 0.2) is 0 Å². The van der Waals surface area contributed by atoms with Crippen molar-refractivity contribution in [2.24, 2.45) is 0 Å². The molecule has 11 heteroatoms. The molecular weight excluding hydrogens is 422 g/mol. The number of benzene rings is 1. The summed E-state index contributed by atoms with van der Waals surface area (Å²) in [5.41, 5.74) is 1.87. The van der Waals surface area contributed by atoms with Crippen LogP contribution in [0.1, 0.15) is 18.2 Å². The number of tetrazole rings is 1. The maximum atomic E-state index is 13.2. The van der Waals surface area contributed by atoms with Gasteiger partial charge in [0, 0.05) is 16.3 Å². The number of aromatic nitrogens is 5. The second-order valence-corrected chi connectivity index (χ2v) is 8.55. The van der Waals surface area contributed by atoms with Crippen LogP contribution >= 0.6 is 22.7 Å². The zero-order valence-electron chi connectivity index (χ0n) is 15.7. The minimum Gasteiger partial charge on any atom is -0.319 e. The largest absolute Gasteiger partial charge is 0.325 e. The van der Waals surface area contributed by atoms with Crippen molar-refractivity contribution >= 4 is 34.6 Å². The first-order chi connectivity index (χ1) is 14.5. The van der Waals surface area contributed by atoms with E-state index in [1.54, 1.807) is 36.5 Å². The van der Waals surface area contributed by atoms with Crippen LogP contribution in [0.25, 0.3) is 16.3 Å². The predicted octanol–water partition coefficient (Wildman–Crippen LogP) is 2.81. The summed E-state index contributed by atoms with van der Waals surface area (Å²) in [7, 11) is 0. The Labute approximate surface area is 179 Å². The average Bonchev–Trinajstić information content (AvgIpc) is 3.54. The molecule has 1 atom stereocenters. The average molecular weight is 438 g/mol. The summed E-state index contributed by atoms with van der Waals surface area (Å²) in [6.07, 6.45) is 1.47. The first-order valence-electron chi connectivity index (χ1n) is 8.99. The number of amides is 3. The van der Waals surface area contributed by atoms with Gasteiger partial charge < -0.3 is 5.32 Å². The van der Waals surface area contributed by atoms with Crippen LogP contribution in [0, 0.1) is 0 Å². The van der Waals surface area contributed by atoms with Gasteiger partial charge >= 0.3 is 6.03 Å². The van der Waals surface area contributed by atoms with Crippen LogP contribution < -0.4 is 5.32 Å². The number of thiazole rings is 1. The van der Waals surface area contributed by atoms with Crippen LogP contribution in [0.2, 0.25) is 0 Å². The van der Waals surface area contributed by atoms with Crippen LogP contribution in [-0.4, -0.2) is 42.0 Å². The maximum Gasteiger partial charge on any atom is 0.325 e. The molecule has 1 aromatic carbocycles. The quantitative estimate of drug-likeness (QED) is 0.481. The van der Waals surface area contributed by atoms with Gasteiger partial charge in [-0.2, -0.15) is 11.3 Å². The zero-order valence-corrected chi connectivity index (χ0v) is 17.4. The third kappa shape index (κ3) is 3.08. The van der Waals surface area contributed by atoms with Gasteiger partial charge in [0.25, 0.3) is 5.91 Å². The summed E-state index contributed by atoms with van der Waals surface area (Å²) < 4.78 is 1.49. The standard InChI is InChI=1S/C19H15N7O2S2/c1-19(13-3-2-4-15(7-13)26-11-20-23-24-26)17(27)25(18(28)22-19)8-14-10-30-16(21-14)12-5-6-29-9-12/h2-7,9-11H,8H2,1H3,(H,22,28)/t19-/m0/s1. The van der Waals surface area contributed by atoms with Crippen LogP contribution in [-0.2, 0) is 16.9 Å². The molecule has 9 nitrogen and oxygen atoms in total. The molecule has 0 unspecified atom stereocenters. The van der Waals surface area contributed by atoms with E-state index in [0.717, 1.165) is 10.6 Å². The third-order valence-electron chi connectivity index (χ3n) is 4.95. The summed E-state index contributed by atoms with van der Waals surface area (Å²) in [5.74, 6) is -0.327. The number of rotatable bonds is 5. The van der Waals surface area contributed by atoms with Crippen molar-refractivity contribution in [2.45, 2.75) is 19.0 Å². The van der Waals surface area contributed by atoms with Crippen LogP contribution in [0.4, 0.5) is 4.79 Å². The molecule has 4 aromatic rings. The van der Waals surface area contributed by atoms with Crippen LogP contribution in [0.3, 0.4) is 0 Å². The Balaban J connectivity index is 1.41. The lowest BCUT2D eigenvalue weighted by molar-refractivity contribution is -0.131. The second-order valence-electron chi connectivity index (χ2n) is 6.91. The lowest BCUT2D eigenvalue weighted by Crippen LogP contribution is -2.40. The van der Waals surface area contributed by atoms with Crippen LogP contribution in [0.5, 0.6) is 0 Å². The molecule has 30 heavy (non-hydrogen) atoms. The third-order valence-corrected chi connectivity index (χ3v) is 6.58. The Hall–Kier alpha value is -3.44. The minimum atomic E-state index is -1.19. The van der Waals surface area contributed by atoms with E-state index in [-0.39, 0.29) is 12.5 Å². The molecule has 1 aliphatic heterocycles. The summed E-state index contributed by atoms with van der Waals surface area (Å²) >= 11 is 3.09. The van der Waals surface area contributed by atoms with Gasteiger partial charge in [-0.1, -0.05) is 12.1 Å². The van der Waals surface area contributed by atoms with E-state index in [1.165, 1.54) is 27.2 Å². The van der Waals surface area contributed by atoms with Gasteiger partial charge in [-0.25, -0.2) is 14.5 Å². The maximum absolute atomic E-state index is 13.2. The van der Waals surface area contributed by atoms with Gasteiger partial charge in [0.2, 0.25) is 0 Å². The molecule has 1 saturated heterocycles. The highest BCUT2D eigenvalue weighted by molar-refractivity contribution is 7.14. The van der Waals surface area contributed by atoms with Crippen molar-refractivity contribution in [1.82, 2.24) is 35.4 Å². The van der Waals surface area contributed by atoms with E-state index in [0.29, 0.717) is 16.9 Å². The zero-order chi connectivity index (χ0) is 20.7. The van der Waals surface area contributed by atoms with E-state index in [1.807, 2.05) is 28.3 Å². The fourth-order valence-electron chi connectivity index (χ4n) is 3.34. The molecule has 0 radical (unpaired) electrons. The molecule has 1 fully saturated rings. The van der Waals surface area contributed by atoms with Gasteiger partial charge in [-0.15, -0.1) is 16.4 Å². The van der Waals surface area contributed by atoms with Crippen molar-refractivity contribution in [1.29, 1.82) is 0 Å². The molecule has 1 aliphatic rings. The molecule has 150 valence electrons. The topological polar surface area (TPSA) is 106 Å². The lowest BCUT2D eigenvalue weighted by atomic mass is 9.91. The van der Waals surface area contributed by atoms with Gasteiger partial charge in [0.05, 0.1) is 17.9 Å². The second kappa shape index (κ2) is 7.11. The molecular formula is C19H15N7O2S2. The van der Waals surface area contributed by atoms with E-state index in [4.69, 9.17) is 0 Å². The molecule has 3 amide bonds. The summed E-state index contributed by atoms with van der Waals surface area (Å²) in [6.45, 7) is 1.82. The molecule has 5 rings (SSSR count). The van der Waals surface area contributed by atoms with Gasteiger partial charge in [-0.05, 0) is 46.5 Å². The number of carbonyl (C=O) groups is 2. The van der Waals surface area contributed by atoms with E-state index in [9.17, 15) is 9.59 Å². The summed E-state index contributed by atoms with van der Waals surface area (Å²) in [6, 6.07) is 8.76. The molecule has 1 N–H and O–H groups in total. The lowest BCUT2D eigenvalue weighted by Gasteiger charge is -2.22. The van der Waals surface area contributed by atoms with Gasteiger partial charge in [0.1, 0.15) is 16.9 Å². The highest BCUT2D eigenvalue weighted by atomic mass is 32.1. The summed E-state index contributed by atoms with van der Waals surface area (Å²) in [4.78, 5) is 31.7. The number of nitrogens with zero attached hydrogens (tertiary/aromatic N) is 6. The molecule has 0 saturated carbocycles. The number of hydrogen-bond donors (Lipinski definition) is 1. The van der Waals surface area contributed by atoms with Gasteiger partial charge in [-0.3, -0.25) is 9.69 Å². The van der Waals surface area contributed by atoms with E-state index < -0.39 is 11.6 Å². The monoisotopic (exact) mass is 437 g/mol. The van der Waals surface area contributed by atoms with E-state index in [2.05, 4.69) is 25.8 Å². The Morgan fingerprint density at radius 2 is 2.10 bits per heavy atom. The predicted molar refractivity (Wildman–Crippen MR) is 111 cm³/mol. The number of urea groups is 1.